The number of aliphatic hydroxyl groups is 1. The number of halogens is 1. The normalized spacial score (nSPS) is 13.0. The molecule has 0 radical (unpaired) electrons. The molecule has 2 N–H and O–H groups in total. The molecule has 2 nitrogen and oxygen atoms in total. The summed E-state index contributed by atoms with van der Waals surface area (Å²) >= 11 is 1.68. The molecule has 0 aliphatic rings. The van der Waals surface area contributed by atoms with Gasteiger partial charge in [0, 0.05) is 17.0 Å². The van der Waals surface area contributed by atoms with Gasteiger partial charge >= 0.3 is 0 Å². The third kappa shape index (κ3) is 6.05. The van der Waals surface area contributed by atoms with Crippen LogP contribution in [0.3, 0.4) is 0 Å². The van der Waals surface area contributed by atoms with Crippen molar-refractivity contribution in [1.82, 2.24) is 5.32 Å². The average Bonchev–Trinajstić information content (AvgIpc) is 2.30. The van der Waals surface area contributed by atoms with E-state index in [2.05, 4.69) is 19.2 Å². The summed E-state index contributed by atoms with van der Waals surface area (Å²) < 4.78 is 12.7. The number of hydrogen-bond acceptors (Lipinski definition) is 3. The number of nitrogens with one attached hydrogen (secondary N) is 1. The van der Waals surface area contributed by atoms with Gasteiger partial charge in [0.2, 0.25) is 0 Å². The Bertz CT molecular complexity index is 316. The largest absolute Gasteiger partial charge is 0.395 e. The molecule has 0 aliphatic heterocycles. The lowest BCUT2D eigenvalue weighted by atomic mass is 10.2. The molecule has 1 rings (SSSR count). The molecule has 0 saturated heterocycles. The maximum absolute atomic E-state index is 12.7. The summed E-state index contributed by atoms with van der Waals surface area (Å²) in [6.45, 7) is 4.29. The van der Waals surface area contributed by atoms with E-state index in [1.54, 1.807) is 23.9 Å². The summed E-state index contributed by atoms with van der Waals surface area (Å²) in [5.74, 6) is 0.709. The minimum absolute atomic E-state index is 0.142. The lowest BCUT2D eigenvalue weighted by Gasteiger charge is -2.18. The molecule has 1 aromatic rings. The summed E-state index contributed by atoms with van der Waals surface area (Å²) in [6, 6.07) is 7.02. The van der Waals surface area contributed by atoms with Gasteiger partial charge in [0.15, 0.2) is 0 Å². The SMILES string of the molecule is CC(C)NC(CO)CCSc1ccc(F)cc1. The summed E-state index contributed by atoms with van der Waals surface area (Å²) in [7, 11) is 0. The van der Waals surface area contributed by atoms with E-state index in [0.29, 0.717) is 6.04 Å². The number of hydrogen-bond donors (Lipinski definition) is 2. The van der Waals surface area contributed by atoms with Gasteiger partial charge in [-0.15, -0.1) is 11.8 Å². The van der Waals surface area contributed by atoms with Crippen LogP contribution in [0.2, 0.25) is 0 Å². The third-order valence-corrected chi connectivity index (χ3v) is 3.38. The zero-order valence-corrected chi connectivity index (χ0v) is 11.1. The summed E-state index contributed by atoms with van der Waals surface area (Å²) in [4.78, 5) is 1.06. The molecule has 0 heterocycles. The maximum atomic E-state index is 12.7. The lowest BCUT2D eigenvalue weighted by molar-refractivity contribution is 0.232. The van der Waals surface area contributed by atoms with E-state index >= 15 is 0 Å². The second-order valence-corrected chi connectivity index (χ2v) is 5.46. The van der Waals surface area contributed by atoms with Gasteiger partial charge in [0.25, 0.3) is 0 Å². The van der Waals surface area contributed by atoms with E-state index in [4.69, 9.17) is 0 Å². The molecule has 0 bridgehead atoms. The van der Waals surface area contributed by atoms with Gasteiger partial charge in [-0.3, -0.25) is 0 Å². The molecule has 1 aromatic carbocycles. The van der Waals surface area contributed by atoms with Gasteiger partial charge in [-0.1, -0.05) is 13.8 Å². The standard InChI is InChI=1S/C13H20FNOS/c1-10(2)15-12(9-16)7-8-17-13-5-3-11(14)4-6-13/h3-6,10,12,15-16H,7-9H2,1-2H3. The molecule has 1 unspecified atom stereocenters. The number of benzene rings is 1. The van der Waals surface area contributed by atoms with Crippen LogP contribution in [0, 0.1) is 5.82 Å². The fourth-order valence-electron chi connectivity index (χ4n) is 1.55. The van der Waals surface area contributed by atoms with Crippen LogP contribution in [0.4, 0.5) is 4.39 Å². The average molecular weight is 257 g/mol. The molecular formula is C13H20FNOS. The zero-order chi connectivity index (χ0) is 12.7. The fraction of sp³-hybridized carbons (Fsp3) is 0.538. The van der Waals surface area contributed by atoms with Crippen molar-refractivity contribution >= 4 is 11.8 Å². The first-order valence-electron chi connectivity index (χ1n) is 5.87. The van der Waals surface area contributed by atoms with Crippen LogP contribution in [-0.2, 0) is 0 Å². The second kappa shape index (κ2) is 7.69. The summed E-state index contributed by atoms with van der Waals surface area (Å²) in [5.41, 5.74) is 0. The van der Waals surface area contributed by atoms with E-state index < -0.39 is 0 Å². The van der Waals surface area contributed by atoms with Crippen LogP contribution in [0.15, 0.2) is 29.2 Å². The van der Waals surface area contributed by atoms with Crippen molar-refractivity contribution in [3.05, 3.63) is 30.1 Å². The molecule has 1 atom stereocenters. The van der Waals surface area contributed by atoms with Crippen LogP contribution in [0.25, 0.3) is 0 Å². The van der Waals surface area contributed by atoms with Crippen LogP contribution >= 0.6 is 11.8 Å². The Hall–Kier alpha value is -0.580. The van der Waals surface area contributed by atoms with Crippen molar-refractivity contribution < 1.29 is 9.50 Å². The first-order chi connectivity index (χ1) is 8.11. The van der Waals surface area contributed by atoms with Crippen molar-refractivity contribution in [1.29, 1.82) is 0 Å². The van der Waals surface area contributed by atoms with Gasteiger partial charge in [0.1, 0.15) is 5.82 Å². The molecule has 0 saturated carbocycles. The Kier molecular flexibility index (Phi) is 6.55. The molecule has 17 heavy (non-hydrogen) atoms. The smallest absolute Gasteiger partial charge is 0.123 e. The highest BCUT2D eigenvalue weighted by molar-refractivity contribution is 7.99. The zero-order valence-electron chi connectivity index (χ0n) is 10.3. The van der Waals surface area contributed by atoms with Gasteiger partial charge in [0.05, 0.1) is 6.61 Å². The monoisotopic (exact) mass is 257 g/mol. The van der Waals surface area contributed by atoms with Crippen molar-refractivity contribution in [2.75, 3.05) is 12.4 Å². The first kappa shape index (κ1) is 14.5. The molecule has 96 valence electrons. The Morgan fingerprint density at radius 1 is 1.29 bits per heavy atom. The molecule has 0 spiro atoms. The van der Waals surface area contributed by atoms with Crippen molar-refractivity contribution in [2.45, 2.75) is 37.2 Å². The third-order valence-electron chi connectivity index (χ3n) is 2.34. The van der Waals surface area contributed by atoms with Gasteiger partial charge < -0.3 is 10.4 Å². The quantitative estimate of drug-likeness (QED) is 0.737. The van der Waals surface area contributed by atoms with E-state index in [1.807, 2.05) is 0 Å². The van der Waals surface area contributed by atoms with Gasteiger partial charge in [-0.25, -0.2) is 4.39 Å². The molecule has 0 aliphatic carbocycles. The molecule has 0 amide bonds. The number of rotatable bonds is 7. The highest BCUT2D eigenvalue weighted by Crippen LogP contribution is 2.19. The predicted molar refractivity (Wildman–Crippen MR) is 70.9 cm³/mol. The van der Waals surface area contributed by atoms with Gasteiger partial charge in [-0.05, 0) is 36.4 Å². The number of aliphatic hydroxyl groups excluding tert-OH is 1. The lowest BCUT2D eigenvalue weighted by Crippen LogP contribution is -2.37. The second-order valence-electron chi connectivity index (χ2n) is 4.29. The molecule has 4 heteroatoms. The van der Waals surface area contributed by atoms with Crippen LogP contribution in [0.1, 0.15) is 20.3 Å². The Morgan fingerprint density at radius 3 is 2.47 bits per heavy atom. The highest BCUT2D eigenvalue weighted by atomic mass is 32.2. The van der Waals surface area contributed by atoms with Crippen molar-refractivity contribution in [3.8, 4) is 0 Å². The first-order valence-corrected chi connectivity index (χ1v) is 6.85. The minimum atomic E-state index is -0.205. The van der Waals surface area contributed by atoms with Crippen LogP contribution in [-0.4, -0.2) is 29.5 Å². The summed E-state index contributed by atoms with van der Waals surface area (Å²) in [5, 5.41) is 12.5. The Labute approximate surface area is 107 Å². The Balaban J connectivity index is 2.28. The molecular weight excluding hydrogens is 237 g/mol. The highest BCUT2D eigenvalue weighted by Gasteiger charge is 2.08. The Morgan fingerprint density at radius 2 is 1.94 bits per heavy atom. The summed E-state index contributed by atoms with van der Waals surface area (Å²) in [6.07, 6.45) is 0.900. The van der Waals surface area contributed by atoms with E-state index in [0.717, 1.165) is 17.1 Å². The molecule has 0 aromatic heterocycles. The maximum Gasteiger partial charge on any atom is 0.123 e. The van der Waals surface area contributed by atoms with Crippen molar-refractivity contribution in [3.63, 3.8) is 0 Å². The van der Waals surface area contributed by atoms with E-state index in [9.17, 15) is 9.50 Å². The molecule has 0 fully saturated rings. The predicted octanol–water partition coefficient (Wildman–Crippen LogP) is 2.67. The van der Waals surface area contributed by atoms with Crippen LogP contribution < -0.4 is 5.32 Å². The number of thioether (sulfide) groups is 1. The minimum Gasteiger partial charge on any atom is -0.395 e. The van der Waals surface area contributed by atoms with Crippen LogP contribution in [0.5, 0.6) is 0 Å². The van der Waals surface area contributed by atoms with Gasteiger partial charge in [-0.2, -0.15) is 0 Å². The van der Waals surface area contributed by atoms with E-state index in [-0.39, 0.29) is 18.5 Å². The topological polar surface area (TPSA) is 32.3 Å². The van der Waals surface area contributed by atoms with E-state index in [1.165, 1.54) is 12.1 Å². The fourth-order valence-corrected chi connectivity index (χ4v) is 2.52. The van der Waals surface area contributed by atoms with Crippen molar-refractivity contribution in [2.24, 2.45) is 0 Å².